The average molecular weight is 235 g/mol. The first-order valence-electron chi connectivity index (χ1n) is 6.46. The van der Waals surface area contributed by atoms with Crippen LogP contribution in [0.3, 0.4) is 0 Å². The van der Waals surface area contributed by atoms with Crippen LogP contribution in [-0.4, -0.2) is 11.8 Å². The van der Waals surface area contributed by atoms with E-state index in [0.717, 1.165) is 19.3 Å². The largest absolute Gasteiger partial charge is 0.327 e. The Kier molecular flexibility index (Phi) is 4.70. The summed E-state index contributed by atoms with van der Waals surface area (Å²) in [6, 6.07) is -0.0308. The quantitative estimate of drug-likeness (QED) is 0.655. The molecule has 0 saturated carbocycles. The minimum absolute atomic E-state index is 0.0308. The molecule has 0 amide bonds. The molecule has 1 aliphatic rings. The summed E-state index contributed by atoms with van der Waals surface area (Å²) < 4.78 is 0. The fraction of sp³-hybridized carbons (Fsp3) is 0.667. The third kappa shape index (κ3) is 4.47. The molecular weight excluding hydrogens is 210 g/mol. The second kappa shape index (κ2) is 5.63. The van der Waals surface area contributed by atoms with Crippen molar-refractivity contribution in [1.82, 2.24) is 0 Å². The molecule has 0 aromatic heterocycles. The maximum Gasteiger partial charge on any atom is 0.159 e. The summed E-state index contributed by atoms with van der Waals surface area (Å²) in [6.07, 6.45) is 8.88. The summed E-state index contributed by atoms with van der Waals surface area (Å²) in [4.78, 5) is 11.9. The Morgan fingerprint density at radius 2 is 2.06 bits per heavy atom. The lowest BCUT2D eigenvalue weighted by Gasteiger charge is -2.18. The van der Waals surface area contributed by atoms with E-state index in [0.29, 0.717) is 0 Å². The number of allylic oxidation sites excluding steroid dienone is 4. The SMILES string of the molecule is C/C1=C\CC(C)(C)/C=C/C(=O)[C@H](C)C(N)CC1. The highest BCUT2D eigenvalue weighted by atomic mass is 16.1. The van der Waals surface area contributed by atoms with E-state index in [2.05, 4.69) is 26.8 Å². The third-order valence-electron chi connectivity index (χ3n) is 3.64. The highest BCUT2D eigenvalue weighted by Crippen LogP contribution is 2.26. The van der Waals surface area contributed by atoms with Crippen molar-refractivity contribution in [3.05, 3.63) is 23.8 Å². The molecule has 2 heteroatoms. The topological polar surface area (TPSA) is 43.1 Å². The second-order valence-electron chi connectivity index (χ2n) is 5.97. The molecule has 0 spiro atoms. The lowest BCUT2D eigenvalue weighted by atomic mass is 9.87. The predicted octanol–water partition coefficient (Wildman–Crippen LogP) is 3.23. The Labute approximate surface area is 105 Å². The van der Waals surface area contributed by atoms with Crippen molar-refractivity contribution < 1.29 is 4.79 Å². The summed E-state index contributed by atoms with van der Waals surface area (Å²) in [7, 11) is 0. The molecule has 2 N–H and O–H groups in total. The molecule has 0 heterocycles. The highest BCUT2D eigenvalue weighted by molar-refractivity contribution is 5.92. The van der Waals surface area contributed by atoms with Crippen LogP contribution in [0.4, 0.5) is 0 Å². The van der Waals surface area contributed by atoms with E-state index in [-0.39, 0.29) is 23.2 Å². The van der Waals surface area contributed by atoms with Crippen molar-refractivity contribution in [2.75, 3.05) is 0 Å². The van der Waals surface area contributed by atoms with Crippen molar-refractivity contribution >= 4 is 5.78 Å². The summed E-state index contributed by atoms with van der Waals surface area (Å²) in [5.41, 5.74) is 7.48. The molecule has 2 atom stereocenters. The van der Waals surface area contributed by atoms with Gasteiger partial charge < -0.3 is 5.73 Å². The average Bonchev–Trinajstić information content (AvgIpc) is 2.29. The van der Waals surface area contributed by atoms with Crippen LogP contribution in [0.15, 0.2) is 23.8 Å². The Morgan fingerprint density at radius 1 is 1.41 bits per heavy atom. The van der Waals surface area contributed by atoms with Crippen LogP contribution in [0.1, 0.15) is 47.0 Å². The Balaban J connectivity index is 2.92. The van der Waals surface area contributed by atoms with Gasteiger partial charge in [0.15, 0.2) is 5.78 Å². The van der Waals surface area contributed by atoms with Gasteiger partial charge in [0.2, 0.25) is 0 Å². The van der Waals surface area contributed by atoms with Crippen LogP contribution >= 0.6 is 0 Å². The van der Waals surface area contributed by atoms with Crippen molar-refractivity contribution in [2.24, 2.45) is 17.1 Å². The number of carbonyl (C=O) groups excluding carboxylic acids is 1. The van der Waals surface area contributed by atoms with E-state index in [1.165, 1.54) is 5.57 Å². The zero-order valence-corrected chi connectivity index (χ0v) is 11.5. The van der Waals surface area contributed by atoms with E-state index in [1.807, 2.05) is 13.0 Å². The molecule has 0 fully saturated rings. The Hall–Kier alpha value is -0.890. The van der Waals surface area contributed by atoms with Gasteiger partial charge in [-0.3, -0.25) is 4.79 Å². The third-order valence-corrected chi connectivity index (χ3v) is 3.64. The van der Waals surface area contributed by atoms with Gasteiger partial charge in [-0.2, -0.15) is 0 Å². The minimum atomic E-state index is -0.0760. The Bertz CT molecular complexity index is 339. The first kappa shape index (κ1) is 14.2. The van der Waals surface area contributed by atoms with E-state index in [4.69, 9.17) is 5.73 Å². The van der Waals surface area contributed by atoms with Crippen molar-refractivity contribution in [3.8, 4) is 0 Å². The van der Waals surface area contributed by atoms with Gasteiger partial charge in [0, 0.05) is 12.0 Å². The fourth-order valence-corrected chi connectivity index (χ4v) is 1.92. The van der Waals surface area contributed by atoms with Crippen LogP contribution in [0.25, 0.3) is 0 Å². The predicted molar refractivity (Wildman–Crippen MR) is 72.7 cm³/mol. The highest BCUT2D eigenvalue weighted by Gasteiger charge is 2.21. The molecule has 1 aliphatic carbocycles. The number of hydrogen-bond acceptors (Lipinski definition) is 2. The van der Waals surface area contributed by atoms with Gasteiger partial charge in [-0.25, -0.2) is 0 Å². The Morgan fingerprint density at radius 3 is 2.71 bits per heavy atom. The van der Waals surface area contributed by atoms with Gasteiger partial charge in [0.05, 0.1) is 0 Å². The molecule has 1 rings (SSSR count). The van der Waals surface area contributed by atoms with Crippen molar-refractivity contribution in [3.63, 3.8) is 0 Å². The molecule has 0 bridgehead atoms. The van der Waals surface area contributed by atoms with E-state index in [9.17, 15) is 4.79 Å². The van der Waals surface area contributed by atoms with Crippen LogP contribution < -0.4 is 5.73 Å². The van der Waals surface area contributed by atoms with Gasteiger partial charge in [-0.1, -0.05) is 38.5 Å². The van der Waals surface area contributed by atoms with Gasteiger partial charge in [0.1, 0.15) is 0 Å². The van der Waals surface area contributed by atoms with Crippen LogP contribution in [-0.2, 0) is 4.79 Å². The zero-order chi connectivity index (χ0) is 13.1. The second-order valence-corrected chi connectivity index (χ2v) is 5.97. The fourth-order valence-electron chi connectivity index (χ4n) is 1.92. The van der Waals surface area contributed by atoms with Gasteiger partial charge in [-0.05, 0) is 37.7 Å². The number of nitrogens with two attached hydrogens (primary N) is 1. The molecule has 2 nitrogen and oxygen atoms in total. The van der Waals surface area contributed by atoms with E-state index in [1.54, 1.807) is 6.08 Å². The molecule has 1 unspecified atom stereocenters. The van der Waals surface area contributed by atoms with Crippen LogP contribution in [0.2, 0.25) is 0 Å². The van der Waals surface area contributed by atoms with Gasteiger partial charge >= 0.3 is 0 Å². The van der Waals surface area contributed by atoms with Crippen molar-refractivity contribution in [2.45, 2.75) is 53.0 Å². The molecule has 0 aromatic carbocycles. The van der Waals surface area contributed by atoms with Crippen molar-refractivity contribution in [1.29, 1.82) is 0 Å². The number of rotatable bonds is 0. The van der Waals surface area contributed by atoms with E-state index >= 15 is 0 Å². The summed E-state index contributed by atoms with van der Waals surface area (Å²) >= 11 is 0. The summed E-state index contributed by atoms with van der Waals surface area (Å²) in [5.74, 6) is 0.0816. The smallest absolute Gasteiger partial charge is 0.159 e. The molecular formula is C15H25NO. The lowest BCUT2D eigenvalue weighted by molar-refractivity contribution is -0.118. The lowest BCUT2D eigenvalue weighted by Crippen LogP contribution is -2.32. The van der Waals surface area contributed by atoms with E-state index < -0.39 is 0 Å². The number of hydrogen-bond donors (Lipinski definition) is 1. The molecule has 96 valence electrons. The van der Waals surface area contributed by atoms with Gasteiger partial charge in [0.25, 0.3) is 0 Å². The first-order chi connectivity index (χ1) is 7.82. The molecule has 17 heavy (non-hydrogen) atoms. The van der Waals surface area contributed by atoms with Crippen LogP contribution in [0.5, 0.6) is 0 Å². The van der Waals surface area contributed by atoms with Gasteiger partial charge in [-0.15, -0.1) is 0 Å². The summed E-state index contributed by atoms with van der Waals surface area (Å²) in [5, 5.41) is 0. The number of carbonyl (C=O) groups is 1. The standard InChI is InChI=1S/C15H25NO/c1-11-5-6-13(16)12(2)14(17)8-10-15(3,4)9-7-11/h7-8,10,12-13H,5-6,9,16H2,1-4H3/b10-8+,11-7+/t12-,13?/m1/s1. The maximum absolute atomic E-state index is 11.9. The summed E-state index contributed by atoms with van der Waals surface area (Å²) in [6.45, 7) is 8.39. The number of ketones is 1. The molecule has 0 aliphatic heterocycles. The maximum atomic E-state index is 11.9. The normalized spacial score (nSPS) is 35.6. The molecule has 0 radical (unpaired) electrons. The zero-order valence-electron chi connectivity index (χ0n) is 11.5. The minimum Gasteiger partial charge on any atom is -0.327 e. The first-order valence-corrected chi connectivity index (χ1v) is 6.46. The monoisotopic (exact) mass is 235 g/mol. The molecule has 0 aromatic rings. The van der Waals surface area contributed by atoms with Crippen LogP contribution in [0, 0.1) is 11.3 Å². The molecule has 0 saturated heterocycles.